The van der Waals surface area contributed by atoms with Crippen LogP contribution >= 0.6 is 0 Å². The lowest BCUT2D eigenvalue weighted by atomic mass is 10.1. The van der Waals surface area contributed by atoms with Gasteiger partial charge in [-0.3, -0.25) is 0 Å². The minimum atomic E-state index is -0.350. The van der Waals surface area contributed by atoms with Gasteiger partial charge in [0.1, 0.15) is 0 Å². The van der Waals surface area contributed by atoms with Gasteiger partial charge in [0.2, 0.25) is 0 Å². The fourth-order valence-corrected chi connectivity index (χ4v) is 1.04. The molecule has 1 heterocycles. The first-order chi connectivity index (χ1) is 4.75. The number of aliphatic hydroxyl groups is 1. The Bertz CT molecular complexity index is 103. The second-order valence-corrected chi connectivity index (χ2v) is 2.58. The van der Waals surface area contributed by atoms with Crippen LogP contribution < -0.4 is 0 Å². The Morgan fingerprint density at radius 1 is 1.70 bits per heavy atom. The van der Waals surface area contributed by atoms with Gasteiger partial charge in [0, 0.05) is 12.5 Å². The van der Waals surface area contributed by atoms with Crippen LogP contribution in [0.25, 0.3) is 0 Å². The van der Waals surface area contributed by atoms with Crippen molar-refractivity contribution < 1.29 is 14.6 Å². The van der Waals surface area contributed by atoms with E-state index in [9.17, 15) is 5.11 Å². The molecule has 0 radical (unpaired) electrons. The summed E-state index contributed by atoms with van der Waals surface area (Å²) in [5, 5.41) is 9.19. The highest BCUT2D eigenvalue weighted by atomic mass is 16.7. The third-order valence-electron chi connectivity index (χ3n) is 1.80. The van der Waals surface area contributed by atoms with E-state index in [0.717, 1.165) is 0 Å². The molecule has 3 nitrogen and oxygen atoms in total. The third kappa shape index (κ3) is 1.48. The maximum atomic E-state index is 9.19. The molecule has 0 saturated carbocycles. The van der Waals surface area contributed by atoms with Crippen molar-refractivity contribution in [1.82, 2.24) is 0 Å². The molecule has 0 aliphatic carbocycles. The average Bonchev–Trinajstić information content (AvgIpc) is 2.20. The number of ether oxygens (including phenoxy) is 2. The van der Waals surface area contributed by atoms with Gasteiger partial charge in [-0.1, -0.05) is 6.92 Å². The van der Waals surface area contributed by atoms with Gasteiger partial charge in [0.25, 0.3) is 0 Å². The molecule has 0 aromatic carbocycles. The molecule has 10 heavy (non-hydrogen) atoms. The Morgan fingerprint density at radius 2 is 2.40 bits per heavy atom. The van der Waals surface area contributed by atoms with Crippen molar-refractivity contribution in [3.63, 3.8) is 0 Å². The predicted octanol–water partition coefficient (Wildman–Crippen LogP) is 0.376. The van der Waals surface area contributed by atoms with Crippen LogP contribution in [0.2, 0.25) is 0 Å². The van der Waals surface area contributed by atoms with Crippen LogP contribution in [0.3, 0.4) is 0 Å². The average molecular weight is 146 g/mol. The summed E-state index contributed by atoms with van der Waals surface area (Å²) in [4.78, 5) is 0. The van der Waals surface area contributed by atoms with E-state index >= 15 is 0 Å². The van der Waals surface area contributed by atoms with Crippen molar-refractivity contribution in [3.8, 4) is 0 Å². The molecule has 1 saturated heterocycles. The Hall–Kier alpha value is -0.120. The van der Waals surface area contributed by atoms with Crippen LogP contribution in [0, 0.1) is 5.92 Å². The number of hydrogen-bond donors (Lipinski definition) is 1. The Labute approximate surface area is 60.9 Å². The molecule has 60 valence electrons. The van der Waals surface area contributed by atoms with E-state index < -0.39 is 0 Å². The minimum Gasteiger partial charge on any atom is -0.390 e. The van der Waals surface area contributed by atoms with Crippen molar-refractivity contribution in [2.24, 2.45) is 5.92 Å². The van der Waals surface area contributed by atoms with Crippen molar-refractivity contribution >= 4 is 0 Å². The molecule has 3 atom stereocenters. The standard InChI is InChI=1S/C7H14O3/c1-3-9-7-5(2)6(8)4-10-7/h5-8H,3-4H2,1-2H3/t5-,6?,7+/m1/s1. The van der Waals surface area contributed by atoms with Crippen molar-refractivity contribution in [1.29, 1.82) is 0 Å². The summed E-state index contributed by atoms with van der Waals surface area (Å²) in [6.07, 6.45) is -0.545. The smallest absolute Gasteiger partial charge is 0.162 e. The van der Waals surface area contributed by atoms with E-state index in [1.54, 1.807) is 0 Å². The first-order valence-corrected chi connectivity index (χ1v) is 3.67. The van der Waals surface area contributed by atoms with E-state index in [-0.39, 0.29) is 18.3 Å². The monoisotopic (exact) mass is 146 g/mol. The molecule has 1 unspecified atom stereocenters. The van der Waals surface area contributed by atoms with E-state index in [2.05, 4.69) is 0 Å². The van der Waals surface area contributed by atoms with Gasteiger partial charge in [-0.15, -0.1) is 0 Å². The van der Waals surface area contributed by atoms with Gasteiger partial charge >= 0.3 is 0 Å². The summed E-state index contributed by atoms with van der Waals surface area (Å²) >= 11 is 0. The fraction of sp³-hybridized carbons (Fsp3) is 1.00. The number of aliphatic hydroxyl groups excluding tert-OH is 1. The fourth-order valence-electron chi connectivity index (χ4n) is 1.04. The zero-order valence-electron chi connectivity index (χ0n) is 6.41. The second kappa shape index (κ2) is 3.32. The predicted molar refractivity (Wildman–Crippen MR) is 36.5 cm³/mol. The third-order valence-corrected chi connectivity index (χ3v) is 1.80. The van der Waals surface area contributed by atoms with E-state index in [0.29, 0.717) is 13.2 Å². The molecule has 1 N–H and O–H groups in total. The molecule has 1 aliphatic heterocycles. The van der Waals surface area contributed by atoms with Crippen LogP contribution in [-0.2, 0) is 9.47 Å². The minimum absolute atomic E-state index is 0.111. The summed E-state index contributed by atoms with van der Waals surface area (Å²) < 4.78 is 10.3. The van der Waals surface area contributed by atoms with Crippen LogP contribution in [0.15, 0.2) is 0 Å². The van der Waals surface area contributed by atoms with Crippen molar-refractivity contribution in [2.45, 2.75) is 26.2 Å². The van der Waals surface area contributed by atoms with Crippen molar-refractivity contribution in [3.05, 3.63) is 0 Å². The highest BCUT2D eigenvalue weighted by molar-refractivity contribution is 4.73. The molecular weight excluding hydrogens is 132 g/mol. The van der Waals surface area contributed by atoms with Gasteiger partial charge in [-0.05, 0) is 6.92 Å². The number of hydrogen-bond acceptors (Lipinski definition) is 3. The lowest BCUT2D eigenvalue weighted by molar-refractivity contribution is -0.124. The molecule has 1 fully saturated rings. The van der Waals surface area contributed by atoms with Gasteiger partial charge < -0.3 is 14.6 Å². The highest BCUT2D eigenvalue weighted by Gasteiger charge is 2.32. The summed E-state index contributed by atoms with van der Waals surface area (Å²) in [5.41, 5.74) is 0. The zero-order valence-corrected chi connectivity index (χ0v) is 6.41. The summed E-state index contributed by atoms with van der Waals surface area (Å²) in [6, 6.07) is 0. The van der Waals surface area contributed by atoms with Crippen molar-refractivity contribution in [2.75, 3.05) is 13.2 Å². The molecule has 0 spiro atoms. The molecular formula is C7H14O3. The summed E-state index contributed by atoms with van der Waals surface area (Å²) in [5.74, 6) is 0.111. The first kappa shape index (κ1) is 7.98. The molecule has 0 amide bonds. The lowest BCUT2D eigenvalue weighted by Gasteiger charge is -2.14. The highest BCUT2D eigenvalue weighted by Crippen LogP contribution is 2.21. The van der Waals surface area contributed by atoms with Gasteiger partial charge in [-0.25, -0.2) is 0 Å². The number of rotatable bonds is 2. The first-order valence-electron chi connectivity index (χ1n) is 3.67. The SMILES string of the molecule is CCO[C@H]1OCC(O)[C@H]1C. The maximum absolute atomic E-state index is 9.19. The summed E-state index contributed by atoms with van der Waals surface area (Å²) in [6.45, 7) is 4.90. The topological polar surface area (TPSA) is 38.7 Å². The van der Waals surface area contributed by atoms with Crippen LogP contribution in [0.5, 0.6) is 0 Å². The molecule has 0 aromatic rings. The quantitative estimate of drug-likeness (QED) is 0.612. The van der Waals surface area contributed by atoms with Crippen LogP contribution in [-0.4, -0.2) is 30.7 Å². The van der Waals surface area contributed by atoms with Crippen LogP contribution in [0.1, 0.15) is 13.8 Å². The zero-order chi connectivity index (χ0) is 7.56. The van der Waals surface area contributed by atoms with Gasteiger partial charge in [0.15, 0.2) is 6.29 Å². The Morgan fingerprint density at radius 3 is 2.80 bits per heavy atom. The molecule has 1 rings (SSSR count). The Balaban J connectivity index is 2.33. The van der Waals surface area contributed by atoms with Crippen LogP contribution in [0.4, 0.5) is 0 Å². The van der Waals surface area contributed by atoms with E-state index in [1.807, 2.05) is 13.8 Å². The molecule has 0 aromatic heterocycles. The molecule has 1 aliphatic rings. The molecule has 0 bridgehead atoms. The van der Waals surface area contributed by atoms with E-state index in [1.165, 1.54) is 0 Å². The second-order valence-electron chi connectivity index (χ2n) is 2.58. The van der Waals surface area contributed by atoms with Gasteiger partial charge in [-0.2, -0.15) is 0 Å². The lowest BCUT2D eigenvalue weighted by Crippen LogP contribution is -2.23. The largest absolute Gasteiger partial charge is 0.390 e. The molecule has 3 heteroatoms. The normalized spacial score (nSPS) is 40.5. The summed E-state index contributed by atoms with van der Waals surface area (Å²) in [7, 11) is 0. The van der Waals surface area contributed by atoms with E-state index in [4.69, 9.17) is 9.47 Å². The van der Waals surface area contributed by atoms with Gasteiger partial charge in [0.05, 0.1) is 12.7 Å². The maximum Gasteiger partial charge on any atom is 0.162 e. The Kier molecular flexibility index (Phi) is 2.65.